The molecule has 4 nitrogen and oxygen atoms in total. The van der Waals surface area contributed by atoms with Crippen molar-refractivity contribution in [2.75, 3.05) is 6.26 Å². The van der Waals surface area contributed by atoms with Crippen LogP contribution in [0, 0.1) is 0 Å². The number of carboxylic acids is 1. The van der Waals surface area contributed by atoms with Crippen LogP contribution in [0.15, 0.2) is 46.0 Å². The maximum atomic E-state index is 11.4. The van der Waals surface area contributed by atoms with E-state index in [9.17, 15) is 18.3 Å². The Balaban J connectivity index is 2.44. The molecular weight excluding hydrogens is 296 g/mol. The minimum absolute atomic E-state index is 0.128. The summed E-state index contributed by atoms with van der Waals surface area (Å²) in [5.74, 6) is -1.05. The summed E-state index contributed by atoms with van der Waals surface area (Å²) >= 11 is 1.48. The number of thiophene rings is 1. The molecule has 0 radical (unpaired) electrons. The highest BCUT2D eigenvalue weighted by Crippen LogP contribution is 2.21. The highest BCUT2D eigenvalue weighted by Gasteiger charge is 2.12. The van der Waals surface area contributed by atoms with Crippen molar-refractivity contribution in [1.82, 2.24) is 0 Å². The highest BCUT2D eigenvalue weighted by atomic mass is 32.2. The second-order valence-electron chi connectivity index (χ2n) is 4.22. The largest absolute Gasteiger partial charge is 0.478 e. The van der Waals surface area contributed by atoms with E-state index in [0.29, 0.717) is 5.56 Å². The van der Waals surface area contributed by atoms with Crippen LogP contribution < -0.4 is 0 Å². The topological polar surface area (TPSA) is 71.4 Å². The van der Waals surface area contributed by atoms with Gasteiger partial charge in [0.2, 0.25) is 0 Å². The fourth-order valence-electron chi connectivity index (χ4n) is 1.67. The maximum absolute atomic E-state index is 11.4. The fraction of sp³-hybridized carbons (Fsp3) is 0.0714. The van der Waals surface area contributed by atoms with E-state index in [1.54, 1.807) is 6.08 Å². The maximum Gasteiger partial charge on any atom is 0.336 e. The third-order valence-corrected chi connectivity index (χ3v) is 4.51. The van der Waals surface area contributed by atoms with Gasteiger partial charge in [0.1, 0.15) is 0 Å². The van der Waals surface area contributed by atoms with Gasteiger partial charge in [0.25, 0.3) is 0 Å². The normalized spacial score (nSPS) is 12.3. The molecule has 0 saturated carbocycles. The number of carboxylic acid groups (broad SMARTS) is 1. The van der Waals surface area contributed by atoms with Gasteiger partial charge in [-0.2, -0.15) is 11.3 Å². The first kappa shape index (κ1) is 14.5. The zero-order valence-corrected chi connectivity index (χ0v) is 12.2. The Hall–Kier alpha value is -1.92. The highest BCUT2D eigenvalue weighted by molar-refractivity contribution is 7.90. The fourth-order valence-corrected chi connectivity index (χ4v) is 2.92. The van der Waals surface area contributed by atoms with Crippen molar-refractivity contribution in [1.29, 1.82) is 0 Å². The molecule has 1 aromatic heterocycles. The SMILES string of the molecule is CS(=O)(=O)c1ccc(C(=Cc2ccsc2)C(=O)O)cc1. The number of hydrogen-bond acceptors (Lipinski definition) is 4. The van der Waals surface area contributed by atoms with E-state index in [-0.39, 0.29) is 10.5 Å². The van der Waals surface area contributed by atoms with Crippen molar-refractivity contribution in [2.45, 2.75) is 4.90 Å². The van der Waals surface area contributed by atoms with Crippen LogP contribution in [0.3, 0.4) is 0 Å². The summed E-state index contributed by atoms with van der Waals surface area (Å²) < 4.78 is 22.7. The van der Waals surface area contributed by atoms with Crippen molar-refractivity contribution in [2.24, 2.45) is 0 Å². The van der Waals surface area contributed by atoms with E-state index in [0.717, 1.165) is 11.8 Å². The third-order valence-electron chi connectivity index (χ3n) is 2.68. The van der Waals surface area contributed by atoms with Gasteiger partial charge in [0.05, 0.1) is 10.5 Å². The first-order valence-corrected chi connectivity index (χ1v) is 8.49. The van der Waals surface area contributed by atoms with E-state index in [4.69, 9.17) is 0 Å². The van der Waals surface area contributed by atoms with Gasteiger partial charge in [-0.15, -0.1) is 0 Å². The van der Waals surface area contributed by atoms with Crippen LogP contribution in [0.4, 0.5) is 0 Å². The van der Waals surface area contributed by atoms with Gasteiger partial charge in [-0.3, -0.25) is 0 Å². The van der Waals surface area contributed by atoms with E-state index in [1.165, 1.54) is 35.6 Å². The standard InChI is InChI=1S/C14H12O4S2/c1-20(17,18)12-4-2-11(3-5-12)13(14(15)16)8-10-6-7-19-9-10/h2-9H,1H3,(H,15,16). The Labute approximate surface area is 120 Å². The van der Waals surface area contributed by atoms with E-state index in [2.05, 4.69) is 0 Å². The van der Waals surface area contributed by atoms with E-state index >= 15 is 0 Å². The summed E-state index contributed by atoms with van der Waals surface area (Å²) in [5, 5.41) is 13.0. The van der Waals surface area contributed by atoms with Crippen LogP contribution in [-0.2, 0) is 14.6 Å². The van der Waals surface area contributed by atoms with Gasteiger partial charge in [-0.1, -0.05) is 12.1 Å². The van der Waals surface area contributed by atoms with Crippen LogP contribution in [0.5, 0.6) is 0 Å². The molecule has 104 valence electrons. The Morgan fingerprint density at radius 2 is 1.85 bits per heavy atom. The Morgan fingerprint density at radius 3 is 2.30 bits per heavy atom. The zero-order chi connectivity index (χ0) is 14.8. The van der Waals surface area contributed by atoms with Crippen molar-refractivity contribution in [3.8, 4) is 0 Å². The molecule has 0 fully saturated rings. The van der Waals surface area contributed by atoms with Gasteiger partial charge in [0, 0.05) is 6.26 Å². The lowest BCUT2D eigenvalue weighted by Crippen LogP contribution is -2.01. The molecule has 0 aliphatic heterocycles. The van der Waals surface area contributed by atoms with Crippen LogP contribution in [0.25, 0.3) is 11.6 Å². The lowest BCUT2D eigenvalue weighted by molar-refractivity contribution is -0.130. The van der Waals surface area contributed by atoms with E-state index < -0.39 is 15.8 Å². The van der Waals surface area contributed by atoms with Gasteiger partial charge in [0.15, 0.2) is 9.84 Å². The molecule has 0 unspecified atom stereocenters. The molecule has 0 aliphatic carbocycles. The van der Waals surface area contributed by atoms with E-state index in [1.807, 2.05) is 16.8 Å². The van der Waals surface area contributed by atoms with Gasteiger partial charge in [-0.25, -0.2) is 13.2 Å². The molecular formula is C14H12O4S2. The summed E-state index contributed by atoms with van der Waals surface area (Å²) in [6.07, 6.45) is 2.68. The molecule has 1 aromatic carbocycles. The van der Waals surface area contributed by atoms with Gasteiger partial charge in [-0.05, 0) is 46.2 Å². The molecule has 6 heteroatoms. The average molecular weight is 308 g/mol. The lowest BCUT2D eigenvalue weighted by atomic mass is 10.0. The molecule has 20 heavy (non-hydrogen) atoms. The number of hydrogen-bond donors (Lipinski definition) is 1. The van der Waals surface area contributed by atoms with Crippen molar-refractivity contribution >= 4 is 38.8 Å². The smallest absolute Gasteiger partial charge is 0.336 e. The Kier molecular flexibility index (Phi) is 4.06. The molecule has 2 aromatic rings. The number of aliphatic carboxylic acids is 1. The first-order valence-electron chi connectivity index (χ1n) is 5.65. The summed E-state index contributed by atoms with van der Waals surface area (Å²) in [6.45, 7) is 0. The Bertz CT molecular complexity index is 739. The number of benzene rings is 1. The minimum Gasteiger partial charge on any atom is -0.478 e. The predicted octanol–water partition coefficient (Wildman–Crippen LogP) is 2.78. The second kappa shape index (κ2) is 5.60. The zero-order valence-electron chi connectivity index (χ0n) is 10.6. The lowest BCUT2D eigenvalue weighted by Gasteiger charge is -2.04. The summed E-state index contributed by atoms with van der Waals surface area (Å²) in [7, 11) is -3.28. The second-order valence-corrected chi connectivity index (χ2v) is 7.01. The molecule has 0 spiro atoms. The van der Waals surface area contributed by atoms with Crippen LogP contribution in [0.1, 0.15) is 11.1 Å². The van der Waals surface area contributed by atoms with Gasteiger partial charge >= 0.3 is 5.97 Å². The third kappa shape index (κ3) is 3.34. The molecule has 0 amide bonds. The summed E-state index contributed by atoms with van der Waals surface area (Å²) in [4.78, 5) is 11.5. The van der Waals surface area contributed by atoms with Crippen LogP contribution in [-0.4, -0.2) is 25.7 Å². The van der Waals surface area contributed by atoms with Crippen LogP contribution in [0.2, 0.25) is 0 Å². The number of rotatable bonds is 4. The quantitative estimate of drug-likeness (QED) is 0.882. The molecule has 1 heterocycles. The molecule has 2 rings (SSSR count). The molecule has 0 atom stereocenters. The molecule has 0 saturated heterocycles. The summed E-state index contributed by atoms with van der Waals surface area (Å²) in [6, 6.07) is 7.65. The van der Waals surface area contributed by atoms with Crippen LogP contribution >= 0.6 is 11.3 Å². The first-order chi connectivity index (χ1) is 9.38. The molecule has 0 bridgehead atoms. The molecule has 0 aliphatic rings. The predicted molar refractivity (Wildman–Crippen MR) is 79.4 cm³/mol. The number of sulfone groups is 1. The monoisotopic (exact) mass is 308 g/mol. The minimum atomic E-state index is -3.28. The van der Waals surface area contributed by atoms with Crippen molar-refractivity contribution in [3.63, 3.8) is 0 Å². The van der Waals surface area contributed by atoms with Crippen molar-refractivity contribution in [3.05, 3.63) is 52.2 Å². The van der Waals surface area contributed by atoms with Crippen molar-refractivity contribution < 1.29 is 18.3 Å². The number of carbonyl (C=O) groups is 1. The Morgan fingerprint density at radius 1 is 1.20 bits per heavy atom. The van der Waals surface area contributed by atoms with Gasteiger partial charge < -0.3 is 5.11 Å². The average Bonchev–Trinajstić information content (AvgIpc) is 2.87. The molecule has 1 N–H and O–H groups in total. The summed E-state index contributed by atoms with van der Waals surface area (Å²) in [5.41, 5.74) is 1.40.